The van der Waals surface area contributed by atoms with Gasteiger partial charge < -0.3 is 25.8 Å². The van der Waals surface area contributed by atoms with Gasteiger partial charge in [-0.1, -0.05) is 18.2 Å². The monoisotopic (exact) mass is 400 g/mol. The average molecular weight is 400 g/mol. The molecule has 138 valence electrons. The van der Waals surface area contributed by atoms with Crippen LogP contribution in [0.1, 0.15) is 24.6 Å². The molecule has 4 N–H and O–H groups in total. The number of hydrogen-bond donors (Lipinski definition) is 4. The summed E-state index contributed by atoms with van der Waals surface area (Å²) < 4.78 is 19.7. The third-order valence-corrected chi connectivity index (χ3v) is 3.53. The fourth-order valence-corrected chi connectivity index (χ4v) is 2.29. The predicted octanol–water partition coefficient (Wildman–Crippen LogP) is -2.72. The van der Waals surface area contributed by atoms with Gasteiger partial charge in [0.15, 0.2) is 5.60 Å². The Morgan fingerprint density at radius 1 is 1.04 bits per heavy atom. The maximum atomic E-state index is 11.6. The first kappa shape index (κ1) is 24.2. The van der Waals surface area contributed by atoms with Crippen LogP contribution in [0.5, 0.6) is 0 Å². The topological polar surface area (TPSA) is 185 Å². The van der Waals surface area contributed by atoms with Gasteiger partial charge in [-0.05, 0) is 12.1 Å². The molecular weight excluding hydrogens is 386 g/mol. The van der Waals surface area contributed by atoms with E-state index in [-0.39, 0.29) is 36.5 Å². The summed E-state index contributed by atoms with van der Waals surface area (Å²) in [6, 6.07) is 6.93. The maximum Gasteiger partial charge on any atom is 1.00 e. The van der Waals surface area contributed by atoms with Crippen LogP contribution < -0.4 is 29.6 Å². The van der Waals surface area contributed by atoms with E-state index < -0.39 is 50.1 Å². The first-order chi connectivity index (χ1) is 11.4. The predicted molar refractivity (Wildman–Crippen MR) is 78.3 cm³/mol. The summed E-state index contributed by atoms with van der Waals surface area (Å²) in [6.45, 7) is 0. The van der Waals surface area contributed by atoms with E-state index in [1.54, 1.807) is 6.07 Å². The van der Waals surface area contributed by atoms with Crippen molar-refractivity contribution in [2.45, 2.75) is 18.4 Å². The molecule has 26 heavy (non-hydrogen) atoms. The normalized spacial score (nSPS) is 14.7. The van der Waals surface area contributed by atoms with Crippen molar-refractivity contribution in [2.24, 2.45) is 0 Å². The van der Waals surface area contributed by atoms with E-state index in [1.165, 1.54) is 24.3 Å². The van der Waals surface area contributed by atoms with E-state index in [4.69, 9.17) is 10.2 Å². The number of rotatable bonds is 8. The molecule has 13 heteroatoms. The van der Waals surface area contributed by atoms with Crippen molar-refractivity contribution in [3.05, 3.63) is 35.9 Å². The number of benzene rings is 1. The molecule has 1 aromatic carbocycles. The second-order valence-corrected chi connectivity index (χ2v) is 6.06. The van der Waals surface area contributed by atoms with Gasteiger partial charge in [-0.15, -0.1) is 0 Å². The second kappa shape index (κ2) is 9.81. The molecule has 0 saturated carbocycles. The molecule has 1 rings (SSSR count). The number of carboxylic acids is 2. The molecule has 0 spiro atoms. The number of carbonyl (C=O) groups excluding carboxylic acids is 2. The van der Waals surface area contributed by atoms with Crippen LogP contribution in [0, 0.1) is 0 Å². The smallest absolute Gasteiger partial charge is 1.00 e. The van der Waals surface area contributed by atoms with Crippen molar-refractivity contribution in [2.75, 3.05) is 0 Å². The van der Waals surface area contributed by atoms with E-state index in [0.717, 1.165) is 0 Å². The Morgan fingerprint density at radius 3 is 2.04 bits per heavy atom. The van der Waals surface area contributed by atoms with Crippen molar-refractivity contribution >= 4 is 31.7 Å². The van der Waals surface area contributed by atoms with E-state index in [0.29, 0.717) is 0 Å². The van der Waals surface area contributed by atoms with E-state index >= 15 is 0 Å². The third-order valence-electron chi connectivity index (χ3n) is 2.70. The van der Waals surface area contributed by atoms with Crippen molar-refractivity contribution in [3.63, 3.8) is 0 Å². The Hall–Kier alpha value is -1.75. The summed E-state index contributed by atoms with van der Waals surface area (Å²) in [5, 5.41) is 26.9. The van der Waals surface area contributed by atoms with Gasteiger partial charge in [0.1, 0.15) is 0 Å². The zero-order valence-corrected chi connectivity index (χ0v) is 16.3. The van der Waals surface area contributed by atoms with Crippen molar-refractivity contribution in [1.82, 2.24) is 0 Å². The summed E-state index contributed by atoms with van der Waals surface area (Å²) in [4.78, 5) is 53.9. The molecule has 2 atom stereocenters. The zero-order valence-electron chi connectivity index (χ0n) is 14.4. The number of hydrogen-bond acceptors (Lipinski definition) is 8. The number of aliphatic hydroxyl groups is 1. The molecule has 0 fully saturated rings. The number of phosphoric ester groups is 1. The summed E-state index contributed by atoms with van der Waals surface area (Å²) >= 11 is 0. The molecule has 0 aliphatic rings. The molecule has 0 aliphatic carbocycles. The Morgan fingerprint density at radius 2 is 1.58 bits per heavy atom. The van der Waals surface area contributed by atoms with E-state index in [2.05, 4.69) is 9.05 Å². The minimum atomic E-state index is -5.27. The van der Waals surface area contributed by atoms with Gasteiger partial charge in [0, 0.05) is 0 Å². The van der Waals surface area contributed by atoms with Gasteiger partial charge in [0.25, 0.3) is 0 Å². The maximum absolute atomic E-state index is 11.6. The molecular formula is C13H14NaO11P. The van der Waals surface area contributed by atoms with Crippen LogP contribution in [-0.2, 0) is 28.0 Å². The molecule has 0 bridgehead atoms. The minimum Gasteiger partial charge on any atom is -1.00 e. The molecule has 2 unspecified atom stereocenters. The van der Waals surface area contributed by atoms with E-state index in [1.807, 2.05) is 0 Å². The average Bonchev–Trinajstić information content (AvgIpc) is 2.45. The van der Waals surface area contributed by atoms with Gasteiger partial charge in [-0.2, -0.15) is 0 Å². The van der Waals surface area contributed by atoms with Gasteiger partial charge in [0.05, 0.1) is 18.4 Å². The molecule has 1 aromatic rings. The second-order valence-electron chi connectivity index (χ2n) is 4.76. The van der Waals surface area contributed by atoms with Gasteiger partial charge in [-0.25, -0.2) is 14.2 Å². The Kier molecular flexibility index (Phi) is 9.15. The van der Waals surface area contributed by atoms with Crippen LogP contribution in [-0.4, -0.2) is 49.7 Å². The minimum absolute atomic E-state index is 0. The van der Waals surface area contributed by atoms with E-state index in [9.17, 15) is 33.7 Å². The molecule has 0 aliphatic heterocycles. The molecule has 0 radical (unpaired) electrons. The fraction of sp³-hybridized carbons (Fsp3) is 0.231. The summed E-state index contributed by atoms with van der Waals surface area (Å²) in [5.74, 6) is -6.84. The summed E-state index contributed by atoms with van der Waals surface area (Å²) in [6.07, 6.45) is -2.82. The third kappa shape index (κ3) is 7.65. The van der Waals surface area contributed by atoms with Crippen molar-refractivity contribution < 1.29 is 84.0 Å². The van der Waals surface area contributed by atoms with Gasteiger partial charge >= 0.3 is 61.3 Å². The quantitative estimate of drug-likeness (QED) is 0.263. The Bertz CT molecular complexity index is 741. The van der Waals surface area contributed by atoms with Crippen LogP contribution in [0.2, 0.25) is 0 Å². The SMILES string of the molecule is O=C(O)CC(O)(CC(=O)OP(=O)(O)OC(=O)c1ccccc1)C(=O)O.[H-].[Na+]. The van der Waals surface area contributed by atoms with Gasteiger partial charge in [0.2, 0.25) is 0 Å². The first-order valence-corrected chi connectivity index (χ1v) is 7.96. The Balaban J connectivity index is 0. The largest absolute Gasteiger partial charge is 1.00 e. The first-order valence-electron chi connectivity index (χ1n) is 6.47. The van der Waals surface area contributed by atoms with Crippen LogP contribution >= 0.6 is 7.82 Å². The van der Waals surface area contributed by atoms with Gasteiger partial charge in [-0.3, -0.25) is 14.5 Å². The molecule has 0 aromatic heterocycles. The molecule has 11 nitrogen and oxygen atoms in total. The number of carboxylic acid groups (broad SMARTS) is 2. The number of carbonyl (C=O) groups is 4. The summed E-state index contributed by atoms with van der Waals surface area (Å²) in [5.41, 5.74) is -3.19. The number of aliphatic carboxylic acids is 2. The Labute approximate surface area is 169 Å². The molecule has 0 heterocycles. The van der Waals surface area contributed by atoms with Crippen LogP contribution in [0.3, 0.4) is 0 Å². The van der Waals surface area contributed by atoms with Crippen LogP contribution in [0.25, 0.3) is 0 Å². The van der Waals surface area contributed by atoms with Crippen molar-refractivity contribution in [1.29, 1.82) is 0 Å². The molecule has 0 saturated heterocycles. The molecule has 0 amide bonds. The van der Waals surface area contributed by atoms with Crippen LogP contribution in [0.4, 0.5) is 0 Å². The fourth-order valence-electron chi connectivity index (χ4n) is 1.61. The zero-order chi connectivity index (χ0) is 19.3. The standard InChI is InChI=1S/C13H13O11P.Na.H/c14-9(15)6-13(20,12(18)19)7-10(16)23-25(21,22)24-11(17)8-4-2-1-3-5-8;;/h1-5,20H,6-7H2,(H,14,15)(H,18,19)(H,21,22);;/q;+1;-1. The van der Waals surface area contributed by atoms with Crippen LogP contribution in [0.15, 0.2) is 30.3 Å². The van der Waals surface area contributed by atoms with Crippen molar-refractivity contribution in [3.8, 4) is 0 Å². The summed E-state index contributed by atoms with van der Waals surface area (Å²) in [7, 11) is -5.27. The number of phosphoric acid groups is 1.